The van der Waals surface area contributed by atoms with Crippen molar-refractivity contribution in [2.75, 3.05) is 0 Å². The molecular formula is C16H13NO3. The Labute approximate surface area is 116 Å². The summed E-state index contributed by atoms with van der Waals surface area (Å²) in [7, 11) is 0. The number of rotatable bonds is 2. The molecule has 0 atom stereocenters. The van der Waals surface area contributed by atoms with Gasteiger partial charge >= 0.3 is 0 Å². The van der Waals surface area contributed by atoms with Crippen LogP contribution >= 0.6 is 0 Å². The number of nitro groups is 1. The molecule has 0 spiro atoms. The highest BCUT2D eigenvalue weighted by Crippen LogP contribution is 2.37. The third-order valence-electron chi connectivity index (χ3n) is 3.72. The van der Waals surface area contributed by atoms with Crippen LogP contribution in [0.4, 0.5) is 5.69 Å². The van der Waals surface area contributed by atoms with E-state index in [-0.39, 0.29) is 16.4 Å². The minimum absolute atomic E-state index is 0.0951. The molecule has 0 saturated heterocycles. The molecule has 4 heteroatoms. The maximum atomic E-state index is 11.8. The molecule has 1 aliphatic carbocycles. The SMILES string of the molecule is Cc1ccc(-c2cccc3c2CCC3=O)c([N+](=O)[O-])c1. The van der Waals surface area contributed by atoms with E-state index in [2.05, 4.69) is 0 Å². The van der Waals surface area contributed by atoms with Gasteiger partial charge in [0.2, 0.25) is 0 Å². The molecule has 0 heterocycles. The van der Waals surface area contributed by atoms with Gasteiger partial charge in [-0.25, -0.2) is 0 Å². The fourth-order valence-corrected chi connectivity index (χ4v) is 2.76. The van der Waals surface area contributed by atoms with Crippen LogP contribution in [0, 0.1) is 17.0 Å². The zero-order valence-corrected chi connectivity index (χ0v) is 11.1. The van der Waals surface area contributed by atoms with Crippen molar-refractivity contribution in [1.82, 2.24) is 0 Å². The first-order valence-corrected chi connectivity index (χ1v) is 6.48. The summed E-state index contributed by atoms with van der Waals surface area (Å²) in [5, 5.41) is 11.3. The molecule has 0 radical (unpaired) electrons. The summed E-state index contributed by atoms with van der Waals surface area (Å²) in [6.07, 6.45) is 1.15. The summed E-state index contributed by atoms with van der Waals surface area (Å²) in [5.74, 6) is 0.122. The Kier molecular flexibility index (Phi) is 2.86. The first-order chi connectivity index (χ1) is 9.58. The lowest BCUT2D eigenvalue weighted by molar-refractivity contribution is -0.384. The van der Waals surface area contributed by atoms with Crippen molar-refractivity contribution in [1.29, 1.82) is 0 Å². The molecule has 0 aromatic heterocycles. The molecule has 3 rings (SSSR count). The van der Waals surface area contributed by atoms with Gasteiger partial charge in [0.05, 0.1) is 10.5 Å². The molecule has 2 aromatic carbocycles. The Hall–Kier alpha value is -2.49. The number of hydrogen-bond donors (Lipinski definition) is 0. The lowest BCUT2D eigenvalue weighted by Crippen LogP contribution is -1.96. The number of carbonyl (C=O) groups excluding carboxylic acids is 1. The summed E-state index contributed by atoms with van der Waals surface area (Å²) in [6.45, 7) is 1.83. The second kappa shape index (κ2) is 4.56. The molecule has 4 nitrogen and oxygen atoms in total. The van der Waals surface area contributed by atoms with Gasteiger partial charge in [-0.05, 0) is 36.1 Å². The quantitative estimate of drug-likeness (QED) is 0.615. The Bertz CT molecular complexity index is 734. The summed E-state index contributed by atoms with van der Waals surface area (Å²) < 4.78 is 0. The number of fused-ring (bicyclic) bond motifs is 1. The molecule has 0 aliphatic heterocycles. The van der Waals surface area contributed by atoms with Gasteiger partial charge in [-0.1, -0.05) is 24.3 Å². The van der Waals surface area contributed by atoms with Crippen LogP contribution in [0.3, 0.4) is 0 Å². The first-order valence-electron chi connectivity index (χ1n) is 6.48. The monoisotopic (exact) mass is 267 g/mol. The highest BCUT2D eigenvalue weighted by molar-refractivity contribution is 6.02. The maximum absolute atomic E-state index is 11.8. The van der Waals surface area contributed by atoms with Crippen LogP contribution in [-0.2, 0) is 6.42 Å². The Morgan fingerprint density at radius 3 is 2.55 bits per heavy atom. The van der Waals surface area contributed by atoms with Crippen molar-refractivity contribution in [2.45, 2.75) is 19.8 Å². The second-order valence-corrected chi connectivity index (χ2v) is 5.03. The predicted octanol–water partition coefficient (Wildman–Crippen LogP) is 3.70. The fraction of sp³-hybridized carbons (Fsp3) is 0.188. The van der Waals surface area contributed by atoms with Crippen LogP contribution in [0.1, 0.15) is 27.9 Å². The first kappa shape index (κ1) is 12.5. The van der Waals surface area contributed by atoms with Crippen LogP contribution in [0.25, 0.3) is 11.1 Å². The van der Waals surface area contributed by atoms with E-state index < -0.39 is 0 Å². The van der Waals surface area contributed by atoms with E-state index in [0.717, 1.165) is 16.7 Å². The standard InChI is InChI=1S/C16H13NO3/c1-10-5-6-13(15(9-10)17(19)20)11-3-2-4-14-12(11)7-8-16(14)18/h2-6,9H,7-8H2,1H3. The zero-order chi connectivity index (χ0) is 14.3. The molecule has 0 N–H and O–H groups in total. The van der Waals surface area contributed by atoms with Crippen molar-refractivity contribution in [3.8, 4) is 11.1 Å². The fourth-order valence-electron chi connectivity index (χ4n) is 2.76. The van der Waals surface area contributed by atoms with Crippen LogP contribution in [-0.4, -0.2) is 10.7 Å². The normalized spacial score (nSPS) is 13.3. The third-order valence-corrected chi connectivity index (χ3v) is 3.72. The number of aryl methyl sites for hydroxylation is 1. The summed E-state index contributed by atoms with van der Waals surface area (Å²) in [6, 6.07) is 10.7. The molecule has 2 aromatic rings. The van der Waals surface area contributed by atoms with Crippen molar-refractivity contribution in [2.24, 2.45) is 0 Å². The molecule has 20 heavy (non-hydrogen) atoms. The molecule has 0 unspecified atom stereocenters. The van der Waals surface area contributed by atoms with Gasteiger partial charge in [0.25, 0.3) is 5.69 Å². The Morgan fingerprint density at radius 1 is 1.05 bits per heavy atom. The largest absolute Gasteiger partial charge is 0.294 e. The number of benzene rings is 2. The van der Waals surface area contributed by atoms with Crippen molar-refractivity contribution < 1.29 is 9.72 Å². The van der Waals surface area contributed by atoms with E-state index >= 15 is 0 Å². The van der Waals surface area contributed by atoms with Gasteiger partial charge in [0.1, 0.15) is 0 Å². The lowest BCUT2D eigenvalue weighted by Gasteiger charge is -2.09. The van der Waals surface area contributed by atoms with Crippen LogP contribution < -0.4 is 0 Å². The molecule has 100 valence electrons. The van der Waals surface area contributed by atoms with Gasteiger partial charge < -0.3 is 0 Å². The van der Waals surface area contributed by atoms with Crippen molar-refractivity contribution in [3.63, 3.8) is 0 Å². The number of nitro benzene ring substituents is 1. The number of Topliss-reactive ketones (excluding diaryl/α,β-unsaturated/α-hetero) is 1. The smallest absolute Gasteiger partial charge is 0.277 e. The highest BCUT2D eigenvalue weighted by Gasteiger charge is 2.25. The average Bonchev–Trinajstić information content (AvgIpc) is 2.81. The van der Waals surface area contributed by atoms with E-state index in [1.165, 1.54) is 0 Å². The molecule has 0 fully saturated rings. The van der Waals surface area contributed by atoms with Crippen LogP contribution in [0.15, 0.2) is 36.4 Å². The molecule has 0 saturated carbocycles. The average molecular weight is 267 g/mol. The van der Waals surface area contributed by atoms with E-state index in [9.17, 15) is 14.9 Å². The van der Waals surface area contributed by atoms with Gasteiger partial charge in [-0.2, -0.15) is 0 Å². The lowest BCUT2D eigenvalue weighted by atomic mass is 9.95. The number of ketones is 1. The topological polar surface area (TPSA) is 60.2 Å². The molecule has 0 amide bonds. The molecule has 1 aliphatic rings. The number of carbonyl (C=O) groups is 1. The van der Waals surface area contributed by atoms with E-state index in [0.29, 0.717) is 24.0 Å². The highest BCUT2D eigenvalue weighted by atomic mass is 16.6. The zero-order valence-electron chi connectivity index (χ0n) is 11.1. The van der Waals surface area contributed by atoms with Crippen LogP contribution in [0.5, 0.6) is 0 Å². The number of nitrogens with zero attached hydrogens (tertiary/aromatic N) is 1. The minimum Gasteiger partial charge on any atom is -0.294 e. The minimum atomic E-state index is -0.363. The van der Waals surface area contributed by atoms with Gasteiger partial charge in [-0.3, -0.25) is 14.9 Å². The summed E-state index contributed by atoms with van der Waals surface area (Å²) in [5.41, 5.74) is 3.98. The second-order valence-electron chi connectivity index (χ2n) is 5.03. The molecular weight excluding hydrogens is 254 g/mol. The van der Waals surface area contributed by atoms with Crippen LogP contribution in [0.2, 0.25) is 0 Å². The summed E-state index contributed by atoms with van der Waals surface area (Å²) >= 11 is 0. The maximum Gasteiger partial charge on any atom is 0.277 e. The molecule has 0 bridgehead atoms. The van der Waals surface area contributed by atoms with Gasteiger partial charge in [0.15, 0.2) is 5.78 Å². The van der Waals surface area contributed by atoms with E-state index in [1.54, 1.807) is 24.3 Å². The Balaban J connectivity index is 2.25. The third kappa shape index (κ3) is 1.90. The van der Waals surface area contributed by atoms with E-state index in [4.69, 9.17) is 0 Å². The predicted molar refractivity (Wildman–Crippen MR) is 75.9 cm³/mol. The Morgan fingerprint density at radius 2 is 1.80 bits per heavy atom. The van der Waals surface area contributed by atoms with Crippen molar-refractivity contribution >= 4 is 11.5 Å². The van der Waals surface area contributed by atoms with Gasteiger partial charge in [-0.15, -0.1) is 0 Å². The summed E-state index contributed by atoms with van der Waals surface area (Å²) in [4.78, 5) is 22.7. The van der Waals surface area contributed by atoms with E-state index in [1.807, 2.05) is 19.1 Å². The number of hydrogen-bond acceptors (Lipinski definition) is 3. The van der Waals surface area contributed by atoms with Crippen molar-refractivity contribution in [3.05, 3.63) is 63.2 Å². The van der Waals surface area contributed by atoms with Gasteiger partial charge in [0, 0.05) is 18.1 Å².